The summed E-state index contributed by atoms with van der Waals surface area (Å²) in [7, 11) is 0. The van der Waals surface area contributed by atoms with Crippen molar-refractivity contribution in [2.45, 2.75) is 32.7 Å². The molecule has 0 unspecified atom stereocenters. The van der Waals surface area contributed by atoms with Gasteiger partial charge in [0.25, 0.3) is 0 Å². The number of nitrogens with zero attached hydrogens (tertiary/aromatic N) is 2. The number of para-hydroxylation sites is 1. The van der Waals surface area contributed by atoms with E-state index in [1.165, 1.54) is 4.70 Å². The minimum Gasteiger partial charge on any atom is -0.323 e. The van der Waals surface area contributed by atoms with Crippen molar-refractivity contribution >= 4 is 44.7 Å². The van der Waals surface area contributed by atoms with Crippen molar-refractivity contribution in [1.29, 1.82) is 0 Å². The summed E-state index contributed by atoms with van der Waals surface area (Å²) in [5.74, 6) is -0.0307. The Morgan fingerprint density at radius 3 is 2.93 bits per heavy atom. The molecule has 1 aliphatic heterocycles. The molecule has 1 atom stereocenters. The first-order valence-electron chi connectivity index (χ1n) is 9.17. The summed E-state index contributed by atoms with van der Waals surface area (Å²) >= 11 is 8.06. The zero-order valence-electron chi connectivity index (χ0n) is 15.5. The van der Waals surface area contributed by atoms with Crippen molar-refractivity contribution in [1.82, 2.24) is 9.88 Å². The number of benzene rings is 2. The molecular formula is C21H22ClN3OS. The molecule has 2 heterocycles. The first kappa shape index (κ1) is 18.4. The first-order valence-corrected chi connectivity index (χ1v) is 10.4. The maximum Gasteiger partial charge on any atom is 0.238 e. The molecule has 4 rings (SSSR count). The second kappa shape index (κ2) is 7.58. The number of carbonyl (C=O) groups is 1. The van der Waals surface area contributed by atoms with Gasteiger partial charge < -0.3 is 5.32 Å². The standard InChI is InChI=1S/C21H22ClN3OS/c1-13-10-14(2)20(15(22)11-13)24-19(26)12-25-9-5-7-17(25)21-23-16-6-3-4-8-18(16)27-21/h3-4,6,8,10-11,17H,5,7,9,12H2,1-2H3,(H,24,26)/t17-/m0/s1. The van der Waals surface area contributed by atoms with Crippen LogP contribution in [-0.4, -0.2) is 28.9 Å². The minimum atomic E-state index is -0.0307. The zero-order chi connectivity index (χ0) is 19.0. The second-order valence-electron chi connectivity index (χ2n) is 7.14. The third-order valence-corrected chi connectivity index (χ3v) is 6.44. The summed E-state index contributed by atoms with van der Waals surface area (Å²) in [6, 6.07) is 12.3. The van der Waals surface area contributed by atoms with Crippen LogP contribution in [-0.2, 0) is 4.79 Å². The predicted octanol–water partition coefficient (Wildman–Crippen LogP) is 5.34. The molecule has 6 heteroatoms. The Morgan fingerprint density at radius 1 is 1.33 bits per heavy atom. The lowest BCUT2D eigenvalue weighted by molar-refractivity contribution is -0.117. The number of aromatic nitrogens is 1. The molecule has 1 amide bonds. The number of anilines is 1. The molecular weight excluding hydrogens is 378 g/mol. The second-order valence-corrected chi connectivity index (χ2v) is 8.60. The van der Waals surface area contributed by atoms with Crippen LogP contribution in [0, 0.1) is 13.8 Å². The van der Waals surface area contributed by atoms with Crippen LogP contribution >= 0.6 is 22.9 Å². The third-order valence-electron chi connectivity index (χ3n) is 5.00. The van der Waals surface area contributed by atoms with Crippen LogP contribution in [0.15, 0.2) is 36.4 Å². The Morgan fingerprint density at radius 2 is 2.15 bits per heavy atom. The highest BCUT2D eigenvalue weighted by Gasteiger charge is 2.30. The van der Waals surface area contributed by atoms with Gasteiger partial charge in [0.15, 0.2) is 0 Å². The van der Waals surface area contributed by atoms with E-state index in [4.69, 9.17) is 16.6 Å². The van der Waals surface area contributed by atoms with Crippen LogP contribution in [0.25, 0.3) is 10.2 Å². The number of aryl methyl sites for hydroxylation is 2. The quantitative estimate of drug-likeness (QED) is 0.643. The van der Waals surface area contributed by atoms with Gasteiger partial charge in [-0.25, -0.2) is 4.98 Å². The van der Waals surface area contributed by atoms with E-state index in [2.05, 4.69) is 16.3 Å². The van der Waals surface area contributed by atoms with Gasteiger partial charge in [-0.1, -0.05) is 29.8 Å². The molecule has 1 aromatic heterocycles. The number of carbonyl (C=O) groups excluding carboxylic acids is 1. The molecule has 1 aliphatic rings. The number of halogens is 1. The number of likely N-dealkylation sites (tertiary alicyclic amines) is 1. The molecule has 140 valence electrons. The third kappa shape index (κ3) is 3.86. The molecule has 0 spiro atoms. The topological polar surface area (TPSA) is 45.2 Å². The zero-order valence-corrected chi connectivity index (χ0v) is 17.0. The van der Waals surface area contributed by atoms with Gasteiger partial charge in [0.05, 0.1) is 33.5 Å². The van der Waals surface area contributed by atoms with Crippen LogP contribution in [0.4, 0.5) is 5.69 Å². The fraction of sp³-hybridized carbons (Fsp3) is 0.333. The maximum atomic E-state index is 12.7. The van der Waals surface area contributed by atoms with Crippen LogP contribution in [0.1, 0.15) is 35.0 Å². The lowest BCUT2D eigenvalue weighted by Crippen LogP contribution is -2.33. The van der Waals surface area contributed by atoms with E-state index in [-0.39, 0.29) is 11.9 Å². The highest BCUT2D eigenvalue weighted by molar-refractivity contribution is 7.18. The number of thiazole rings is 1. The molecule has 0 bridgehead atoms. The van der Waals surface area contributed by atoms with Crippen molar-refractivity contribution in [3.63, 3.8) is 0 Å². The number of fused-ring (bicyclic) bond motifs is 1. The largest absolute Gasteiger partial charge is 0.323 e. The van der Waals surface area contributed by atoms with Crippen molar-refractivity contribution in [3.05, 3.63) is 57.6 Å². The van der Waals surface area contributed by atoms with Gasteiger partial charge in [-0.3, -0.25) is 9.69 Å². The van der Waals surface area contributed by atoms with Crippen molar-refractivity contribution in [2.24, 2.45) is 0 Å². The van der Waals surface area contributed by atoms with Gasteiger partial charge in [-0.05, 0) is 62.6 Å². The van der Waals surface area contributed by atoms with Gasteiger partial charge in [-0.15, -0.1) is 11.3 Å². The summed E-state index contributed by atoms with van der Waals surface area (Å²) in [5.41, 5.74) is 3.82. The van der Waals surface area contributed by atoms with Crippen molar-refractivity contribution in [3.8, 4) is 0 Å². The van der Waals surface area contributed by atoms with Gasteiger partial charge in [0.1, 0.15) is 5.01 Å². The highest BCUT2D eigenvalue weighted by atomic mass is 35.5. The molecule has 1 fully saturated rings. The normalized spacial score (nSPS) is 17.5. The molecule has 0 saturated carbocycles. The van der Waals surface area contributed by atoms with E-state index in [0.29, 0.717) is 17.3 Å². The summed E-state index contributed by atoms with van der Waals surface area (Å²) in [4.78, 5) is 19.7. The van der Waals surface area contributed by atoms with Gasteiger partial charge in [0.2, 0.25) is 5.91 Å². The average molecular weight is 400 g/mol. The Bertz CT molecular complexity index is 944. The molecule has 0 radical (unpaired) electrons. The van der Waals surface area contributed by atoms with E-state index >= 15 is 0 Å². The van der Waals surface area contributed by atoms with Gasteiger partial charge >= 0.3 is 0 Å². The Kier molecular flexibility index (Phi) is 5.17. The Balaban J connectivity index is 1.49. The SMILES string of the molecule is Cc1cc(C)c(NC(=O)CN2CCC[C@H]2c2nc3ccccc3s2)c(Cl)c1. The maximum absolute atomic E-state index is 12.7. The number of hydrogen-bond acceptors (Lipinski definition) is 4. The van der Waals surface area contributed by atoms with Crippen LogP contribution in [0.5, 0.6) is 0 Å². The van der Waals surface area contributed by atoms with Crippen molar-refractivity contribution < 1.29 is 4.79 Å². The first-order chi connectivity index (χ1) is 13.0. The van der Waals surface area contributed by atoms with E-state index in [0.717, 1.165) is 41.0 Å². The van der Waals surface area contributed by atoms with Gasteiger partial charge in [-0.2, -0.15) is 0 Å². The summed E-state index contributed by atoms with van der Waals surface area (Å²) < 4.78 is 1.20. The molecule has 1 N–H and O–H groups in total. The average Bonchev–Trinajstić information content (AvgIpc) is 3.24. The number of rotatable bonds is 4. The highest BCUT2D eigenvalue weighted by Crippen LogP contribution is 2.36. The molecule has 4 nitrogen and oxygen atoms in total. The van der Waals surface area contributed by atoms with E-state index in [9.17, 15) is 4.79 Å². The molecule has 0 aliphatic carbocycles. The van der Waals surface area contributed by atoms with Crippen LogP contribution in [0.2, 0.25) is 5.02 Å². The fourth-order valence-corrected chi connectivity index (χ4v) is 5.27. The number of amides is 1. The fourth-order valence-electron chi connectivity index (χ4n) is 3.77. The monoisotopic (exact) mass is 399 g/mol. The van der Waals surface area contributed by atoms with E-state index in [1.54, 1.807) is 11.3 Å². The Hall–Kier alpha value is -1.95. The lowest BCUT2D eigenvalue weighted by atomic mass is 10.1. The summed E-state index contributed by atoms with van der Waals surface area (Å²) in [6.45, 7) is 5.23. The summed E-state index contributed by atoms with van der Waals surface area (Å²) in [6.07, 6.45) is 2.12. The molecule has 27 heavy (non-hydrogen) atoms. The van der Waals surface area contributed by atoms with Crippen LogP contribution < -0.4 is 5.32 Å². The van der Waals surface area contributed by atoms with Gasteiger partial charge in [0, 0.05) is 0 Å². The van der Waals surface area contributed by atoms with E-state index in [1.807, 2.05) is 44.2 Å². The molecule has 1 saturated heterocycles. The predicted molar refractivity (Wildman–Crippen MR) is 113 cm³/mol. The minimum absolute atomic E-state index is 0.0307. The number of nitrogens with one attached hydrogen (secondary N) is 1. The Labute approximate surface area is 168 Å². The van der Waals surface area contributed by atoms with Crippen molar-refractivity contribution in [2.75, 3.05) is 18.4 Å². The number of hydrogen-bond donors (Lipinski definition) is 1. The molecule has 3 aromatic rings. The molecule has 2 aromatic carbocycles. The van der Waals surface area contributed by atoms with Crippen LogP contribution in [0.3, 0.4) is 0 Å². The smallest absolute Gasteiger partial charge is 0.238 e. The van der Waals surface area contributed by atoms with E-state index < -0.39 is 0 Å². The lowest BCUT2D eigenvalue weighted by Gasteiger charge is -2.22. The summed E-state index contributed by atoms with van der Waals surface area (Å²) in [5, 5.41) is 4.69.